The van der Waals surface area contributed by atoms with Crippen LogP contribution in [-0.4, -0.2) is 12.8 Å². The molecule has 0 radical (unpaired) electrons. The van der Waals surface area contributed by atoms with Gasteiger partial charge in [-0.25, -0.2) is 0 Å². The first kappa shape index (κ1) is 18.2. The minimum atomic E-state index is -1.72. The van der Waals surface area contributed by atoms with Crippen LogP contribution in [0.4, 0.5) is 0 Å². The molecule has 0 aromatic carbocycles. The summed E-state index contributed by atoms with van der Waals surface area (Å²) in [4.78, 5) is 0. The lowest BCUT2D eigenvalue weighted by atomic mass is 10.1. The van der Waals surface area contributed by atoms with Crippen LogP contribution in [0, 0.1) is 0 Å². The fourth-order valence-corrected chi connectivity index (χ4v) is 3.07. The van der Waals surface area contributed by atoms with Crippen LogP contribution in [0.2, 0.25) is 0 Å². The fourth-order valence-electron chi connectivity index (χ4n) is 2.01. The highest BCUT2D eigenvalue weighted by Crippen LogP contribution is 2.24. The summed E-state index contributed by atoms with van der Waals surface area (Å²) < 4.78 is 16.9. The molecular formula is C15H33O2P. The van der Waals surface area contributed by atoms with Crippen molar-refractivity contribution in [3.63, 3.8) is 0 Å². The molecule has 0 amide bonds. The molecule has 0 spiro atoms. The average Bonchev–Trinajstić information content (AvgIpc) is 2.38. The van der Waals surface area contributed by atoms with Gasteiger partial charge >= 0.3 is 0 Å². The van der Waals surface area contributed by atoms with Crippen LogP contribution >= 0.6 is 8.03 Å². The molecule has 1 atom stereocenters. The van der Waals surface area contributed by atoms with Gasteiger partial charge in [-0.3, -0.25) is 4.57 Å². The molecule has 0 saturated carbocycles. The molecule has 0 N–H and O–H groups in total. The van der Waals surface area contributed by atoms with Crippen LogP contribution in [0.3, 0.4) is 0 Å². The van der Waals surface area contributed by atoms with Crippen molar-refractivity contribution < 1.29 is 9.09 Å². The monoisotopic (exact) mass is 276 g/mol. The highest BCUT2D eigenvalue weighted by Gasteiger charge is 1.99. The molecule has 3 heteroatoms. The van der Waals surface area contributed by atoms with E-state index in [0.29, 0.717) is 6.61 Å². The first-order valence-corrected chi connectivity index (χ1v) is 9.49. The van der Waals surface area contributed by atoms with Crippen LogP contribution < -0.4 is 0 Å². The average molecular weight is 276 g/mol. The summed E-state index contributed by atoms with van der Waals surface area (Å²) in [6, 6.07) is 0. The summed E-state index contributed by atoms with van der Waals surface area (Å²) >= 11 is 0. The Morgan fingerprint density at radius 3 is 1.83 bits per heavy atom. The second-order valence-electron chi connectivity index (χ2n) is 5.15. The van der Waals surface area contributed by atoms with Gasteiger partial charge in [0.05, 0.1) is 6.61 Å². The maximum absolute atomic E-state index is 11.5. The van der Waals surface area contributed by atoms with Gasteiger partial charge in [0.25, 0.3) is 0 Å². The SMILES string of the molecule is CCCCCCCCCO[PH](=O)CCCCCC. The van der Waals surface area contributed by atoms with Gasteiger partial charge in [0.15, 0.2) is 8.03 Å². The lowest BCUT2D eigenvalue weighted by Crippen LogP contribution is -1.90. The molecule has 0 bridgehead atoms. The maximum Gasteiger partial charge on any atom is 0.191 e. The second kappa shape index (κ2) is 15.2. The van der Waals surface area contributed by atoms with Gasteiger partial charge in [-0.1, -0.05) is 71.6 Å². The molecule has 0 aromatic heterocycles. The van der Waals surface area contributed by atoms with Gasteiger partial charge in [0, 0.05) is 6.16 Å². The highest BCUT2D eigenvalue weighted by molar-refractivity contribution is 7.39. The Morgan fingerprint density at radius 2 is 1.22 bits per heavy atom. The van der Waals surface area contributed by atoms with Crippen LogP contribution in [0.15, 0.2) is 0 Å². The van der Waals surface area contributed by atoms with E-state index in [2.05, 4.69) is 13.8 Å². The smallest absolute Gasteiger partial charge is 0.191 e. The van der Waals surface area contributed by atoms with Crippen molar-refractivity contribution >= 4 is 8.03 Å². The van der Waals surface area contributed by atoms with Crippen LogP contribution in [0.5, 0.6) is 0 Å². The zero-order valence-corrected chi connectivity index (χ0v) is 13.5. The van der Waals surface area contributed by atoms with E-state index in [1.807, 2.05) is 0 Å². The summed E-state index contributed by atoms with van der Waals surface area (Å²) in [6.07, 6.45) is 14.6. The Hall–Kier alpha value is 0.190. The van der Waals surface area contributed by atoms with Crippen LogP contribution in [-0.2, 0) is 9.09 Å². The van der Waals surface area contributed by atoms with Gasteiger partial charge in [-0.2, -0.15) is 0 Å². The van der Waals surface area contributed by atoms with Crippen molar-refractivity contribution in [1.82, 2.24) is 0 Å². The van der Waals surface area contributed by atoms with Gasteiger partial charge in [0.1, 0.15) is 0 Å². The third kappa shape index (κ3) is 14.3. The molecule has 0 fully saturated rings. The van der Waals surface area contributed by atoms with E-state index >= 15 is 0 Å². The van der Waals surface area contributed by atoms with E-state index in [1.165, 1.54) is 57.8 Å². The molecule has 0 saturated heterocycles. The van der Waals surface area contributed by atoms with Crippen LogP contribution in [0.1, 0.15) is 84.5 Å². The highest BCUT2D eigenvalue weighted by atomic mass is 31.1. The summed E-state index contributed by atoms with van der Waals surface area (Å²) in [7, 11) is -1.72. The van der Waals surface area contributed by atoms with E-state index in [4.69, 9.17) is 4.52 Å². The Bertz CT molecular complexity index is 183. The third-order valence-electron chi connectivity index (χ3n) is 3.25. The molecular weight excluding hydrogens is 243 g/mol. The Morgan fingerprint density at radius 1 is 0.722 bits per heavy atom. The number of hydrogen-bond donors (Lipinski definition) is 0. The maximum atomic E-state index is 11.5. The zero-order valence-electron chi connectivity index (χ0n) is 12.5. The molecule has 0 aliphatic heterocycles. The van der Waals surface area contributed by atoms with Crippen molar-refractivity contribution in [3.05, 3.63) is 0 Å². The molecule has 0 heterocycles. The number of rotatable bonds is 14. The molecule has 0 rings (SSSR count). The minimum Gasteiger partial charge on any atom is -0.330 e. The molecule has 2 nitrogen and oxygen atoms in total. The molecule has 1 unspecified atom stereocenters. The summed E-state index contributed by atoms with van der Waals surface area (Å²) in [5.74, 6) is 0. The van der Waals surface area contributed by atoms with Gasteiger partial charge in [0.2, 0.25) is 0 Å². The molecule has 110 valence electrons. The quantitative estimate of drug-likeness (QED) is 0.295. The summed E-state index contributed by atoms with van der Waals surface area (Å²) in [5, 5.41) is 0. The van der Waals surface area contributed by atoms with E-state index in [9.17, 15) is 4.57 Å². The second-order valence-corrected chi connectivity index (χ2v) is 6.69. The number of unbranched alkanes of at least 4 members (excludes halogenated alkanes) is 9. The van der Waals surface area contributed by atoms with Crippen LogP contribution in [0.25, 0.3) is 0 Å². The topological polar surface area (TPSA) is 26.3 Å². The molecule has 0 aliphatic rings. The van der Waals surface area contributed by atoms with E-state index < -0.39 is 8.03 Å². The van der Waals surface area contributed by atoms with Gasteiger partial charge in [-0.15, -0.1) is 0 Å². The normalized spacial score (nSPS) is 12.8. The molecule has 0 aromatic rings. The Labute approximate surface area is 115 Å². The van der Waals surface area contributed by atoms with E-state index in [1.54, 1.807) is 0 Å². The Kier molecular flexibility index (Phi) is 15.4. The zero-order chi connectivity index (χ0) is 13.5. The fraction of sp³-hybridized carbons (Fsp3) is 1.00. The summed E-state index contributed by atoms with van der Waals surface area (Å²) in [6.45, 7) is 5.14. The third-order valence-corrected chi connectivity index (χ3v) is 4.53. The first-order valence-electron chi connectivity index (χ1n) is 7.96. The van der Waals surface area contributed by atoms with E-state index in [0.717, 1.165) is 19.0 Å². The van der Waals surface area contributed by atoms with Crippen molar-refractivity contribution in [1.29, 1.82) is 0 Å². The van der Waals surface area contributed by atoms with Crippen molar-refractivity contribution in [2.75, 3.05) is 12.8 Å². The van der Waals surface area contributed by atoms with E-state index in [-0.39, 0.29) is 0 Å². The standard InChI is InChI=1S/C15H33O2P/c1-3-5-7-9-10-11-12-14-17-18(16)15-13-8-6-4-2/h18H,3-15H2,1-2H3. The first-order chi connectivity index (χ1) is 8.81. The lowest BCUT2D eigenvalue weighted by Gasteiger charge is -2.04. The lowest BCUT2D eigenvalue weighted by molar-refractivity contribution is 0.315. The predicted molar refractivity (Wildman–Crippen MR) is 82.0 cm³/mol. The summed E-state index contributed by atoms with van der Waals surface area (Å²) in [5.41, 5.74) is 0. The van der Waals surface area contributed by atoms with Crippen molar-refractivity contribution in [2.24, 2.45) is 0 Å². The van der Waals surface area contributed by atoms with Gasteiger partial charge < -0.3 is 4.52 Å². The largest absolute Gasteiger partial charge is 0.330 e. The van der Waals surface area contributed by atoms with Gasteiger partial charge in [-0.05, 0) is 12.8 Å². The predicted octanol–water partition coefficient (Wildman–Crippen LogP) is 5.81. The number of hydrogen-bond acceptors (Lipinski definition) is 2. The van der Waals surface area contributed by atoms with Crippen molar-refractivity contribution in [2.45, 2.75) is 84.5 Å². The Balaban J connectivity index is 3.10. The van der Waals surface area contributed by atoms with Crippen molar-refractivity contribution in [3.8, 4) is 0 Å². The molecule has 18 heavy (non-hydrogen) atoms. The molecule has 0 aliphatic carbocycles. The minimum absolute atomic E-state index is 0.708.